The van der Waals surface area contributed by atoms with Crippen molar-refractivity contribution in [3.8, 4) is 5.75 Å². The number of aryl methyl sites for hydroxylation is 1. The molecule has 0 aromatic heterocycles. The molecule has 0 amide bonds. The second-order valence-electron chi connectivity index (χ2n) is 5.76. The number of anilines is 1. The molecule has 0 fully saturated rings. The van der Waals surface area contributed by atoms with Crippen LogP contribution in [0.4, 0.5) is 5.69 Å². The van der Waals surface area contributed by atoms with Gasteiger partial charge in [0, 0.05) is 32.4 Å². The van der Waals surface area contributed by atoms with E-state index in [1.54, 1.807) is 12.1 Å². The van der Waals surface area contributed by atoms with Gasteiger partial charge in [-0.1, -0.05) is 24.3 Å². The number of hydrogen-bond donors (Lipinski definition) is 2. The summed E-state index contributed by atoms with van der Waals surface area (Å²) in [6, 6.07) is 14.1. The second-order valence-corrected chi connectivity index (χ2v) is 5.76. The molecule has 2 N–H and O–H groups in total. The van der Waals surface area contributed by atoms with Crippen molar-refractivity contribution in [2.75, 3.05) is 18.5 Å². The van der Waals surface area contributed by atoms with Crippen molar-refractivity contribution in [2.24, 2.45) is 0 Å². The Kier molecular flexibility index (Phi) is 4.11. The van der Waals surface area contributed by atoms with E-state index < -0.39 is 0 Å². The van der Waals surface area contributed by atoms with Crippen LogP contribution in [0.15, 0.2) is 42.5 Å². The Labute approximate surface area is 126 Å². The molecule has 0 atom stereocenters. The summed E-state index contributed by atoms with van der Waals surface area (Å²) in [5, 5.41) is 12.7. The van der Waals surface area contributed by atoms with Crippen LogP contribution in [0.5, 0.6) is 5.75 Å². The molecule has 0 spiro atoms. The lowest BCUT2D eigenvalue weighted by atomic mass is 9.99. The normalized spacial score (nSPS) is 14.0. The molecule has 1 heterocycles. The average molecular weight is 282 g/mol. The van der Waals surface area contributed by atoms with Crippen LogP contribution in [0.2, 0.25) is 0 Å². The minimum Gasteiger partial charge on any atom is -0.508 e. The second kappa shape index (κ2) is 6.19. The third kappa shape index (κ3) is 3.37. The van der Waals surface area contributed by atoms with E-state index in [9.17, 15) is 5.11 Å². The topological polar surface area (TPSA) is 35.5 Å². The number of nitrogens with zero attached hydrogens (tertiary/aromatic N) is 1. The van der Waals surface area contributed by atoms with Crippen molar-refractivity contribution >= 4 is 5.69 Å². The first kappa shape index (κ1) is 14.0. The summed E-state index contributed by atoms with van der Waals surface area (Å²) in [5.74, 6) is 0.317. The average Bonchev–Trinajstić information content (AvgIpc) is 2.49. The number of phenolic OH excluding ortho intramolecular Hbond substituents is 1. The molecule has 2 aromatic rings. The Balaban J connectivity index is 1.59. The van der Waals surface area contributed by atoms with Gasteiger partial charge in [0.25, 0.3) is 0 Å². The van der Waals surface area contributed by atoms with Gasteiger partial charge in [-0.2, -0.15) is 0 Å². The highest BCUT2D eigenvalue weighted by Gasteiger charge is 2.13. The first-order chi connectivity index (χ1) is 10.2. The SMILES string of the molecule is CN1CCCc2cc(CNCc3ccc(O)cc3)ccc21. The Morgan fingerprint density at radius 2 is 1.76 bits per heavy atom. The lowest BCUT2D eigenvalue weighted by molar-refractivity contribution is 0.475. The minimum atomic E-state index is 0.317. The largest absolute Gasteiger partial charge is 0.508 e. The highest BCUT2D eigenvalue weighted by Crippen LogP contribution is 2.26. The lowest BCUT2D eigenvalue weighted by Crippen LogP contribution is -2.24. The summed E-state index contributed by atoms with van der Waals surface area (Å²) >= 11 is 0. The maximum Gasteiger partial charge on any atom is 0.115 e. The van der Waals surface area contributed by atoms with Crippen molar-refractivity contribution in [2.45, 2.75) is 25.9 Å². The Morgan fingerprint density at radius 1 is 1.05 bits per heavy atom. The molecule has 0 radical (unpaired) electrons. The predicted octanol–water partition coefficient (Wildman–Crippen LogP) is 3.06. The van der Waals surface area contributed by atoms with Gasteiger partial charge in [0.15, 0.2) is 0 Å². The van der Waals surface area contributed by atoms with Crippen LogP contribution in [0.1, 0.15) is 23.1 Å². The van der Waals surface area contributed by atoms with Crippen LogP contribution >= 0.6 is 0 Å². The number of phenols is 1. The molecule has 0 bridgehead atoms. The Morgan fingerprint density at radius 3 is 2.57 bits per heavy atom. The summed E-state index contributed by atoms with van der Waals surface area (Å²) < 4.78 is 0. The number of benzene rings is 2. The summed E-state index contributed by atoms with van der Waals surface area (Å²) in [7, 11) is 2.17. The van der Waals surface area contributed by atoms with Gasteiger partial charge in [-0.15, -0.1) is 0 Å². The van der Waals surface area contributed by atoms with Gasteiger partial charge in [0.2, 0.25) is 0 Å². The first-order valence-electron chi connectivity index (χ1n) is 7.54. The first-order valence-corrected chi connectivity index (χ1v) is 7.54. The van der Waals surface area contributed by atoms with Gasteiger partial charge in [-0.3, -0.25) is 0 Å². The maximum absolute atomic E-state index is 9.27. The van der Waals surface area contributed by atoms with Crippen LogP contribution in [-0.2, 0) is 19.5 Å². The van der Waals surface area contributed by atoms with Gasteiger partial charge in [0.05, 0.1) is 0 Å². The van der Waals surface area contributed by atoms with Gasteiger partial charge in [-0.25, -0.2) is 0 Å². The third-order valence-electron chi connectivity index (χ3n) is 4.09. The molecule has 21 heavy (non-hydrogen) atoms. The Hall–Kier alpha value is -2.00. The molecule has 2 aromatic carbocycles. The molecular formula is C18H22N2O. The summed E-state index contributed by atoms with van der Waals surface area (Å²) in [6.45, 7) is 2.85. The standard InChI is InChI=1S/C18H22N2O/c1-20-10-2-3-16-11-15(6-9-18(16)20)13-19-12-14-4-7-17(21)8-5-14/h4-9,11,19,21H,2-3,10,12-13H2,1H3. The molecule has 3 nitrogen and oxygen atoms in total. The number of nitrogens with one attached hydrogen (secondary N) is 1. The van der Waals surface area contributed by atoms with Crippen molar-refractivity contribution in [1.29, 1.82) is 0 Å². The number of rotatable bonds is 4. The van der Waals surface area contributed by atoms with E-state index in [2.05, 4.69) is 35.5 Å². The number of hydrogen-bond acceptors (Lipinski definition) is 3. The van der Waals surface area contributed by atoms with Gasteiger partial charge < -0.3 is 15.3 Å². The maximum atomic E-state index is 9.27. The highest BCUT2D eigenvalue weighted by atomic mass is 16.3. The smallest absolute Gasteiger partial charge is 0.115 e. The van der Waals surface area contributed by atoms with Crippen LogP contribution in [-0.4, -0.2) is 18.7 Å². The molecule has 0 saturated heterocycles. The van der Waals surface area contributed by atoms with Crippen LogP contribution in [0, 0.1) is 0 Å². The van der Waals surface area contributed by atoms with Crippen molar-refractivity contribution in [1.82, 2.24) is 5.32 Å². The quantitative estimate of drug-likeness (QED) is 0.904. The van der Waals surface area contributed by atoms with Gasteiger partial charge in [-0.05, 0) is 47.7 Å². The fourth-order valence-corrected chi connectivity index (χ4v) is 2.91. The van der Waals surface area contributed by atoms with E-state index in [4.69, 9.17) is 0 Å². The third-order valence-corrected chi connectivity index (χ3v) is 4.09. The lowest BCUT2D eigenvalue weighted by Gasteiger charge is -2.27. The van der Waals surface area contributed by atoms with E-state index in [0.717, 1.165) is 19.6 Å². The van der Waals surface area contributed by atoms with Gasteiger partial charge in [0.1, 0.15) is 5.75 Å². The van der Waals surface area contributed by atoms with Crippen LogP contribution in [0.25, 0.3) is 0 Å². The van der Waals surface area contributed by atoms with E-state index in [0.29, 0.717) is 5.75 Å². The summed E-state index contributed by atoms with van der Waals surface area (Å²) in [4.78, 5) is 2.34. The highest BCUT2D eigenvalue weighted by molar-refractivity contribution is 5.56. The van der Waals surface area contributed by atoms with E-state index >= 15 is 0 Å². The zero-order valence-corrected chi connectivity index (χ0v) is 12.5. The number of aromatic hydroxyl groups is 1. The van der Waals surface area contributed by atoms with Crippen molar-refractivity contribution in [3.63, 3.8) is 0 Å². The zero-order chi connectivity index (χ0) is 14.7. The van der Waals surface area contributed by atoms with E-state index in [-0.39, 0.29) is 0 Å². The van der Waals surface area contributed by atoms with Gasteiger partial charge >= 0.3 is 0 Å². The molecule has 0 aliphatic carbocycles. The summed E-state index contributed by atoms with van der Waals surface area (Å²) in [6.07, 6.45) is 2.43. The predicted molar refractivity (Wildman–Crippen MR) is 86.7 cm³/mol. The fourth-order valence-electron chi connectivity index (χ4n) is 2.91. The molecule has 1 aliphatic rings. The molecule has 0 unspecified atom stereocenters. The Bertz CT molecular complexity index is 607. The van der Waals surface area contributed by atoms with Crippen LogP contribution in [0.3, 0.4) is 0 Å². The minimum absolute atomic E-state index is 0.317. The monoisotopic (exact) mass is 282 g/mol. The number of fused-ring (bicyclic) bond motifs is 1. The zero-order valence-electron chi connectivity index (χ0n) is 12.5. The van der Waals surface area contributed by atoms with E-state index in [1.807, 2.05) is 12.1 Å². The summed E-state index contributed by atoms with van der Waals surface area (Å²) in [5.41, 5.74) is 5.37. The fraction of sp³-hybridized carbons (Fsp3) is 0.333. The van der Waals surface area contributed by atoms with Crippen molar-refractivity contribution in [3.05, 3.63) is 59.2 Å². The van der Waals surface area contributed by atoms with E-state index in [1.165, 1.54) is 35.2 Å². The molecular weight excluding hydrogens is 260 g/mol. The molecule has 0 saturated carbocycles. The molecule has 3 heteroatoms. The molecule has 3 rings (SSSR count). The van der Waals surface area contributed by atoms with Crippen molar-refractivity contribution < 1.29 is 5.11 Å². The van der Waals surface area contributed by atoms with Crippen LogP contribution < -0.4 is 10.2 Å². The molecule has 1 aliphatic heterocycles. The molecule has 110 valence electrons.